The van der Waals surface area contributed by atoms with E-state index in [-0.39, 0.29) is 5.92 Å². The third-order valence-corrected chi connectivity index (χ3v) is 1.49. The van der Waals surface area contributed by atoms with Crippen LogP contribution in [-0.2, 0) is 0 Å². The van der Waals surface area contributed by atoms with Crippen molar-refractivity contribution in [2.75, 3.05) is 0 Å². The van der Waals surface area contributed by atoms with Gasteiger partial charge in [-0.25, -0.2) is 0 Å². The summed E-state index contributed by atoms with van der Waals surface area (Å²) in [5.41, 5.74) is 0. The standard InChI is InChI=1S/C7H12N/c1-4-6(2)7(3)5-8/h7H,4H2,1-3H3. The van der Waals surface area contributed by atoms with Crippen molar-refractivity contribution in [1.82, 2.24) is 0 Å². The van der Waals surface area contributed by atoms with Crippen LogP contribution in [0.15, 0.2) is 0 Å². The van der Waals surface area contributed by atoms with Crippen molar-refractivity contribution in [1.29, 1.82) is 5.26 Å². The first kappa shape index (κ1) is 7.49. The van der Waals surface area contributed by atoms with E-state index in [1.54, 1.807) is 0 Å². The van der Waals surface area contributed by atoms with Gasteiger partial charge in [0.1, 0.15) is 0 Å². The molecule has 0 saturated carbocycles. The van der Waals surface area contributed by atoms with Crippen molar-refractivity contribution < 1.29 is 0 Å². The monoisotopic (exact) mass is 110 g/mol. The van der Waals surface area contributed by atoms with Gasteiger partial charge in [-0.15, -0.1) is 0 Å². The lowest BCUT2D eigenvalue weighted by atomic mass is 9.95. The van der Waals surface area contributed by atoms with E-state index in [4.69, 9.17) is 5.26 Å². The average molecular weight is 110 g/mol. The Kier molecular flexibility index (Phi) is 3.26. The highest BCUT2D eigenvalue weighted by atomic mass is 14.3. The fourth-order valence-electron chi connectivity index (χ4n) is 0.416. The Balaban J connectivity index is 3.49. The number of nitrogens with zero attached hydrogens (tertiary/aromatic N) is 1. The molecule has 0 aromatic heterocycles. The molecule has 0 aliphatic rings. The lowest BCUT2D eigenvalue weighted by molar-refractivity contribution is 0.697. The second-order valence-corrected chi connectivity index (χ2v) is 2.05. The summed E-state index contributed by atoms with van der Waals surface area (Å²) >= 11 is 0. The van der Waals surface area contributed by atoms with Crippen molar-refractivity contribution in [3.63, 3.8) is 0 Å². The summed E-state index contributed by atoms with van der Waals surface area (Å²) in [6.07, 6.45) is 1.02. The third kappa shape index (κ3) is 1.97. The largest absolute Gasteiger partial charge is 0.198 e. The van der Waals surface area contributed by atoms with E-state index in [1.165, 1.54) is 5.92 Å². The van der Waals surface area contributed by atoms with Gasteiger partial charge in [-0.2, -0.15) is 5.26 Å². The van der Waals surface area contributed by atoms with E-state index in [0.29, 0.717) is 0 Å². The zero-order valence-electron chi connectivity index (χ0n) is 5.73. The first-order valence-electron chi connectivity index (χ1n) is 2.94. The van der Waals surface area contributed by atoms with Crippen LogP contribution < -0.4 is 0 Å². The number of hydrogen-bond donors (Lipinski definition) is 0. The van der Waals surface area contributed by atoms with Gasteiger partial charge in [0.15, 0.2) is 0 Å². The minimum absolute atomic E-state index is 0.139. The molecular formula is C7H12N. The molecule has 8 heavy (non-hydrogen) atoms. The molecule has 1 atom stereocenters. The van der Waals surface area contributed by atoms with Crippen LogP contribution in [-0.4, -0.2) is 0 Å². The molecule has 45 valence electrons. The SMILES string of the molecule is CC[C](C)C(C)C#N. The van der Waals surface area contributed by atoms with Gasteiger partial charge < -0.3 is 0 Å². The Morgan fingerprint density at radius 3 is 2.38 bits per heavy atom. The summed E-state index contributed by atoms with van der Waals surface area (Å²) in [6.45, 7) is 6.02. The summed E-state index contributed by atoms with van der Waals surface area (Å²) in [5.74, 6) is 1.41. The van der Waals surface area contributed by atoms with E-state index in [0.717, 1.165) is 6.42 Å². The molecule has 1 nitrogen and oxygen atoms in total. The molecule has 0 aliphatic carbocycles. The average Bonchev–Trinajstić information content (AvgIpc) is 1.84. The minimum atomic E-state index is 0.139. The molecule has 0 aliphatic heterocycles. The van der Waals surface area contributed by atoms with Crippen molar-refractivity contribution in [3.8, 4) is 6.07 Å². The lowest BCUT2D eigenvalue weighted by Crippen LogP contribution is -2.00. The van der Waals surface area contributed by atoms with Crippen molar-refractivity contribution >= 4 is 0 Å². The van der Waals surface area contributed by atoms with Crippen LogP contribution in [0.4, 0.5) is 0 Å². The zero-order chi connectivity index (χ0) is 6.57. The molecule has 0 heterocycles. The molecule has 1 radical (unpaired) electrons. The molecule has 0 saturated heterocycles. The first-order valence-corrected chi connectivity index (χ1v) is 2.94. The van der Waals surface area contributed by atoms with Crippen molar-refractivity contribution in [2.24, 2.45) is 5.92 Å². The van der Waals surface area contributed by atoms with Gasteiger partial charge in [0.05, 0.1) is 6.07 Å². The quantitative estimate of drug-likeness (QED) is 0.534. The van der Waals surface area contributed by atoms with Crippen LogP contribution in [0, 0.1) is 23.2 Å². The highest BCUT2D eigenvalue weighted by molar-refractivity contribution is 4.99. The fraction of sp³-hybridized carbons (Fsp3) is 0.714. The molecular weight excluding hydrogens is 98.1 g/mol. The van der Waals surface area contributed by atoms with Crippen LogP contribution >= 0.6 is 0 Å². The highest BCUT2D eigenvalue weighted by Crippen LogP contribution is 2.14. The topological polar surface area (TPSA) is 23.8 Å². The molecule has 0 spiro atoms. The van der Waals surface area contributed by atoms with Crippen LogP contribution in [0.25, 0.3) is 0 Å². The molecule has 0 rings (SSSR count). The van der Waals surface area contributed by atoms with E-state index in [2.05, 4.69) is 13.0 Å². The Labute approximate surface area is 51.3 Å². The van der Waals surface area contributed by atoms with Crippen molar-refractivity contribution in [2.45, 2.75) is 27.2 Å². The van der Waals surface area contributed by atoms with Crippen LogP contribution in [0.1, 0.15) is 27.2 Å². The predicted molar refractivity (Wildman–Crippen MR) is 34.0 cm³/mol. The minimum Gasteiger partial charge on any atom is -0.198 e. The smallest absolute Gasteiger partial charge is 0.0658 e. The van der Waals surface area contributed by atoms with Crippen LogP contribution in [0.2, 0.25) is 0 Å². The number of hydrogen-bond acceptors (Lipinski definition) is 1. The fourth-order valence-corrected chi connectivity index (χ4v) is 0.416. The van der Waals surface area contributed by atoms with Gasteiger partial charge in [-0.05, 0) is 19.3 Å². The Morgan fingerprint density at radius 1 is 1.75 bits per heavy atom. The van der Waals surface area contributed by atoms with E-state index >= 15 is 0 Å². The van der Waals surface area contributed by atoms with Gasteiger partial charge in [0.25, 0.3) is 0 Å². The van der Waals surface area contributed by atoms with Crippen LogP contribution in [0.5, 0.6) is 0 Å². The maximum atomic E-state index is 8.37. The molecule has 0 amide bonds. The van der Waals surface area contributed by atoms with E-state index < -0.39 is 0 Å². The molecule has 1 heteroatoms. The second-order valence-electron chi connectivity index (χ2n) is 2.05. The lowest BCUT2D eigenvalue weighted by Gasteiger charge is -2.07. The molecule has 0 fully saturated rings. The zero-order valence-corrected chi connectivity index (χ0v) is 5.73. The molecule has 0 aromatic carbocycles. The number of nitriles is 1. The summed E-state index contributed by atoms with van der Waals surface area (Å²) in [7, 11) is 0. The number of rotatable bonds is 2. The van der Waals surface area contributed by atoms with Gasteiger partial charge >= 0.3 is 0 Å². The van der Waals surface area contributed by atoms with Gasteiger partial charge in [-0.1, -0.05) is 13.8 Å². The maximum Gasteiger partial charge on any atom is 0.0658 e. The Morgan fingerprint density at radius 2 is 2.25 bits per heavy atom. The van der Waals surface area contributed by atoms with E-state index in [1.807, 2.05) is 13.8 Å². The molecule has 0 aromatic rings. The molecule has 0 bridgehead atoms. The third-order valence-electron chi connectivity index (χ3n) is 1.49. The Hall–Kier alpha value is -0.510. The van der Waals surface area contributed by atoms with Crippen LogP contribution in [0.3, 0.4) is 0 Å². The normalized spacial score (nSPS) is 13.4. The predicted octanol–water partition coefficient (Wildman–Crippen LogP) is 2.15. The van der Waals surface area contributed by atoms with Gasteiger partial charge in [0, 0.05) is 5.92 Å². The van der Waals surface area contributed by atoms with Gasteiger partial charge in [-0.3, -0.25) is 0 Å². The second kappa shape index (κ2) is 3.49. The summed E-state index contributed by atoms with van der Waals surface area (Å²) in [4.78, 5) is 0. The first-order chi connectivity index (χ1) is 3.72. The summed E-state index contributed by atoms with van der Waals surface area (Å²) < 4.78 is 0. The van der Waals surface area contributed by atoms with Crippen molar-refractivity contribution in [3.05, 3.63) is 5.92 Å². The summed E-state index contributed by atoms with van der Waals surface area (Å²) in [6, 6.07) is 2.18. The van der Waals surface area contributed by atoms with Gasteiger partial charge in [0.2, 0.25) is 0 Å². The maximum absolute atomic E-state index is 8.37. The molecule has 1 unspecified atom stereocenters. The summed E-state index contributed by atoms with van der Waals surface area (Å²) in [5, 5.41) is 8.37. The van der Waals surface area contributed by atoms with E-state index in [9.17, 15) is 0 Å². The Bertz CT molecular complexity index is 91.1. The highest BCUT2D eigenvalue weighted by Gasteiger charge is 2.07. The molecule has 0 N–H and O–H groups in total.